The lowest BCUT2D eigenvalue weighted by Gasteiger charge is -2.15. The second kappa shape index (κ2) is 14.6. The molecule has 1 atom stereocenters. The molecule has 0 N–H and O–H groups in total. The molecular weight excluding hydrogens is 635 g/mol. The number of nitrogens with zero attached hydrogens (tertiary/aromatic N) is 5. The van der Waals surface area contributed by atoms with Gasteiger partial charge in [-0.15, -0.1) is 0 Å². The third-order valence-electron chi connectivity index (χ3n) is 9.33. The number of hydrogen-bond donors (Lipinski definition) is 0. The van der Waals surface area contributed by atoms with Gasteiger partial charge in [-0.3, -0.25) is 14.4 Å². The Balaban J connectivity index is 1.21. The van der Waals surface area contributed by atoms with Crippen molar-refractivity contribution in [3.63, 3.8) is 0 Å². The van der Waals surface area contributed by atoms with E-state index in [1.807, 2.05) is 67.8 Å². The minimum Gasteiger partial charge on any atom is -0.299 e. The van der Waals surface area contributed by atoms with E-state index in [1.165, 1.54) is 0 Å². The summed E-state index contributed by atoms with van der Waals surface area (Å²) >= 11 is 0. The molecule has 0 amide bonds. The Morgan fingerprint density at radius 1 is 0.558 bits per heavy atom. The SMILES string of the molecule is CC(=NC(=NC(C)c1cc(-c2ccncc2)cc(-c2ccc(-c3c(-c4ccccc4)nc4ccccn34)cc2)c1)c1ccccc1)c1ccccc1. The standard InChI is InChI=1S/C47H37N5/c1-33(35-14-6-3-7-15-35)49-47(40-18-10-5-11-19-40)50-34(2)41-30-42(32-43(31-41)37-25-27-48-28-26-37)36-21-23-39(24-22-36)46-45(38-16-8-4-9-17-38)51-44-20-12-13-29-52(44)46/h3-32,34H,1-2H3. The van der Waals surface area contributed by atoms with Crippen LogP contribution in [0, 0.1) is 0 Å². The van der Waals surface area contributed by atoms with Crippen molar-refractivity contribution in [1.29, 1.82) is 0 Å². The summed E-state index contributed by atoms with van der Waals surface area (Å²) in [6.45, 7) is 4.19. The summed E-state index contributed by atoms with van der Waals surface area (Å²) in [4.78, 5) is 19.7. The highest BCUT2D eigenvalue weighted by molar-refractivity contribution is 6.11. The van der Waals surface area contributed by atoms with Crippen LogP contribution in [0.15, 0.2) is 192 Å². The van der Waals surface area contributed by atoms with E-state index in [2.05, 4.69) is 138 Å². The summed E-state index contributed by atoms with van der Waals surface area (Å²) in [5.74, 6) is 0.705. The molecule has 1 unspecified atom stereocenters. The van der Waals surface area contributed by atoms with Gasteiger partial charge in [0.1, 0.15) is 5.65 Å². The van der Waals surface area contributed by atoms with Crippen molar-refractivity contribution in [2.75, 3.05) is 0 Å². The van der Waals surface area contributed by atoms with Crippen LogP contribution in [-0.2, 0) is 0 Å². The fraction of sp³-hybridized carbons (Fsp3) is 0.0638. The normalized spacial score (nSPS) is 12.6. The molecule has 5 aromatic carbocycles. The molecule has 8 rings (SSSR count). The van der Waals surface area contributed by atoms with Crippen molar-refractivity contribution in [2.45, 2.75) is 19.9 Å². The second-order valence-electron chi connectivity index (χ2n) is 12.8. The van der Waals surface area contributed by atoms with Crippen LogP contribution in [0.5, 0.6) is 0 Å². The molecule has 0 bridgehead atoms. The predicted octanol–water partition coefficient (Wildman–Crippen LogP) is 11.4. The molecule has 0 aliphatic carbocycles. The summed E-state index contributed by atoms with van der Waals surface area (Å²) in [6, 6.07) is 56.5. The smallest absolute Gasteiger partial charge is 0.155 e. The Kier molecular flexibility index (Phi) is 9.14. The van der Waals surface area contributed by atoms with E-state index in [9.17, 15) is 0 Å². The van der Waals surface area contributed by atoms with Gasteiger partial charge in [-0.1, -0.05) is 121 Å². The van der Waals surface area contributed by atoms with Gasteiger partial charge >= 0.3 is 0 Å². The number of rotatable bonds is 8. The first-order chi connectivity index (χ1) is 25.6. The van der Waals surface area contributed by atoms with Crippen molar-refractivity contribution in [3.05, 3.63) is 199 Å². The molecular formula is C47H37N5. The minimum absolute atomic E-state index is 0.172. The Labute approximate surface area is 304 Å². The van der Waals surface area contributed by atoms with Gasteiger partial charge in [-0.2, -0.15) is 0 Å². The predicted molar refractivity (Wildman–Crippen MR) is 215 cm³/mol. The molecule has 8 aromatic rings. The Hall–Kier alpha value is -6.72. The monoisotopic (exact) mass is 671 g/mol. The topological polar surface area (TPSA) is 54.9 Å². The zero-order chi connectivity index (χ0) is 35.3. The molecule has 52 heavy (non-hydrogen) atoms. The van der Waals surface area contributed by atoms with Crippen LogP contribution in [0.1, 0.15) is 36.6 Å². The molecule has 0 radical (unpaired) electrons. The summed E-state index contributed by atoms with van der Waals surface area (Å²) in [5.41, 5.74) is 13.7. The molecule has 0 aliphatic heterocycles. The van der Waals surface area contributed by atoms with E-state index >= 15 is 0 Å². The highest BCUT2D eigenvalue weighted by Gasteiger charge is 2.17. The van der Waals surface area contributed by atoms with E-state index < -0.39 is 0 Å². The van der Waals surface area contributed by atoms with Crippen molar-refractivity contribution >= 4 is 17.2 Å². The molecule has 0 saturated carbocycles. The number of imidazole rings is 1. The van der Waals surface area contributed by atoms with Gasteiger partial charge in [-0.25, -0.2) is 9.98 Å². The quantitative estimate of drug-likeness (QED) is 0.119. The zero-order valence-electron chi connectivity index (χ0n) is 29.1. The maximum Gasteiger partial charge on any atom is 0.155 e. The zero-order valence-corrected chi connectivity index (χ0v) is 29.1. The summed E-state index contributed by atoms with van der Waals surface area (Å²) in [6.07, 6.45) is 5.76. The summed E-state index contributed by atoms with van der Waals surface area (Å²) in [7, 11) is 0. The highest BCUT2D eigenvalue weighted by Crippen LogP contribution is 2.36. The van der Waals surface area contributed by atoms with E-state index in [0.717, 1.165) is 72.8 Å². The van der Waals surface area contributed by atoms with Gasteiger partial charge in [0.15, 0.2) is 5.84 Å². The minimum atomic E-state index is -0.172. The second-order valence-corrected chi connectivity index (χ2v) is 12.8. The van der Waals surface area contributed by atoms with Crippen molar-refractivity contribution in [3.8, 4) is 44.8 Å². The Morgan fingerprint density at radius 3 is 1.81 bits per heavy atom. The van der Waals surface area contributed by atoms with E-state index in [4.69, 9.17) is 15.0 Å². The average Bonchev–Trinajstić information content (AvgIpc) is 3.61. The van der Waals surface area contributed by atoms with Gasteiger partial charge in [0.25, 0.3) is 0 Å². The summed E-state index contributed by atoms with van der Waals surface area (Å²) in [5, 5.41) is 0. The molecule has 0 saturated heterocycles. The van der Waals surface area contributed by atoms with E-state index in [-0.39, 0.29) is 6.04 Å². The maximum atomic E-state index is 5.27. The van der Waals surface area contributed by atoms with Crippen molar-refractivity contribution in [2.24, 2.45) is 9.98 Å². The number of benzene rings is 5. The lowest BCUT2D eigenvalue weighted by molar-refractivity contribution is 0.819. The van der Waals surface area contributed by atoms with Gasteiger partial charge < -0.3 is 0 Å². The maximum absolute atomic E-state index is 5.27. The third-order valence-corrected chi connectivity index (χ3v) is 9.33. The van der Waals surface area contributed by atoms with E-state index in [1.54, 1.807) is 0 Å². The fourth-order valence-electron chi connectivity index (χ4n) is 6.58. The number of aliphatic imine (C=N–C) groups is 2. The summed E-state index contributed by atoms with van der Waals surface area (Å²) < 4.78 is 2.17. The van der Waals surface area contributed by atoms with Gasteiger partial charge in [0.2, 0.25) is 0 Å². The van der Waals surface area contributed by atoms with Crippen LogP contribution in [0.3, 0.4) is 0 Å². The highest BCUT2D eigenvalue weighted by atomic mass is 15.0. The lowest BCUT2D eigenvalue weighted by Crippen LogP contribution is -2.06. The van der Waals surface area contributed by atoms with Crippen LogP contribution < -0.4 is 0 Å². The number of hydrogen-bond acceptors (Lipinski definition) is 3. The van der Waals surface area contributed by atoms with Crippen LogP contribution >= 0.6 is 0 Å². The molecule has 0 aliphatic rings. The molecule has 3 heterocycles. The molecule has 5 nitrogen and oxygen atoms in total. The lowest BCUT2D eigenvalue weighted by atomic mass is 9.93. The number of amidine groups is 1. The van der Waals surface area contributed by atoms with Gasteiger partial charge in [0.05, 0.1) is 17.4 Å². The van der Waals surface area contributed by atoms with Crippen LogP contribution in [0.2, 0.25) is 0 Å². The van der Waals surface area contributed by atoms with Crippen LogP contribution in [0.25, 0.3) is 50.4 Å². The first-order valence-electron chi connectivity index (χ1n) is 17.5. The average molecular weight is 672 g/mol. The number of pyridine rings is 2. The molecule has 5 heteroatoms. The third kappa shape index (κ3) is 6.85. The molecule has 250 valence electrons. The Morgan fingerprint density at radius 2 is 1.13 bits per heavy atom. The number of aromatic nitrogens is 3. The first-order valence-corrected chi connectivity index (χ1v) is 17.5. The van der Waals surface area contributed by atoms with Crippen molar-refractivity contribution < 1.29 is 0 Å². The Bertz CT molecular complexity index is 2500. The fourth-order valence-corrected chi connectivity index (χ4v) is 6.58. The first kappa shape index (κ1) is 32.5. The largest absolute Gasteiger partial charge is 0.299 e. The van der Waals surface area contributed by atoms with Gasteiger partial charge in [-0.05, 0) is 89.7 Å². The molecule has 0 fully saturated rings. The van der Waals surface area contributed by atoms with E-state index in [0.29, 0.717) is 5.84 Å². The molecule has 0 spiro atoms. The molecule has 3 aromatic heterocycles. The van der Waals surface area contributed by atoms with Gasteiger partial charge in [0, 0.05) is 41.0 Å². The number of fused-ring (bicyclic) bond motifs is 1. The van der Waals surface area contributed by atoms with Crippen molar-refractivity contribution in [1.82, 2.24) is 14.4 Å². The van der Waals surface area contributed by atoms with Crippen LogP contribution in [-0.4, -0.2) is 25.9 Å². The van der Waals surface area contributed by atoms with Crippen LogP contribution in [0.4, 0.5) is 0 Å².